The Kier molecular flexibility index (Phi) is 3.49. The van der Waals surface area contributed by atoms with Crippen LogP contribution in [0.25, 0.3) is 0 Å². The molecule has 4 N–H and O–H groups in total. The summed E-state index contributed by atoms with van der Waals surface area (Å²) in [6, 6.07) is -0.589. The monoisotopic (exact) mass is 249 g/mol. The van der Waals surface area contributed by atoms with Gasteiger partial charge < -0.3 is 10.9 Å². The molecule has 94 valence electrons. The molecular formula is C9H19N3O3S. The minimum atomic E-state index is -3.48. The summed E-state index contributed by atoms with van der Waals surface area (Å²) in [6.45, 7) is 4.81. The van der Waals surface area contributed by atoms with Crippen LogP contribution in [0.5, 0.6) is 0 Å². The Labute approximate surface area is 95.9 Å². The molecule has 1 rings (SSSR count). The van der Waals surface area contributed by atoms with Crippen LogP contribution in [0.2, 0.25) is 0 Å². The molecule has 0 spiro atoms. The second-order valence-corrected chi connectivity index (χ2v) is 7.54. The van der Waals surface area contributed by atoms with Crippen LogP contribution < -0.4 is 10.5 Å². The highest BCUT2D eigenvalue weighted by Crippen LogP contribution is 2.33. The Morgan fingerprint density at radius 2 is 2.00 bits per heavy atom. The number of nitrogens with one attached hydrogen (secondary N) is 1. The molecule has 1 unspecified atom stereocenters. The molecule has 7 heteroatoms. The molecular weight excluding hydrogens is 230 g/mol. The molecule has 16 heavy (non-hydrogen) atoms. The Hall–Kier alpha value is -0.820. The van der Waals surface area contributed by atoms with Gasteiger partial charge in [0.2, 0.25) is 10.0 Å². The lowest BCUT2D eigenvalue weighted by atomic mass is 10.2. The van der Waals surface area contributed by atoms with Crippen molar-refractivity contribution >= 4 is 15.9 Å². The minimum Gasteiger partial charge on any atom is -0.409 e. The smallest absolute Gasteiger partial charge is 0.217 e. The SMILES string of the molecule is CC(C)(C)S(=O)(=O)NC(C(N)=NO)C1CC1. The van der Waals surface area contributed by atoms with Crippen LogP contribution in [0, 0.1) is 5.92 Å². The third-order valence-electron chi connectivity index (χ3n) is 2.62. The summed E-state index contributed by atoms with van der Waals surface area (Å²) in [6.07, 6.45) is 1.79. The maximum Gasteiger partial charge on any atom is 0.217 e. The molecule has 1 saturated carbocycles. The normalized spacial score (nSPS) is 20.8. The summed E-state index contributed by atoms with van der Waals surface area (Å²) in [5, 5.41) is 11.5. The predicted molar refractivity (Wildman–Crippen MR) is 61.7 cm³/mol. The molecule has 1 aliphatic carbocycles. The number of nitrogens with two attached hydrogens (primary N) is 1. The van der Waals surface area contributed by atoms with Gasteiger partial charge in [0.05, 0.1) is 10.8 Å². The van der Waals surface area contributed by atoms with Crippen molar-refractivity contribution in [2.75, 3.05) is 0 Å². The van der Waals surface area contributed by atoms with E-state index in [-0.39, 0.29) is 11.8 Å². The molecule has 0 saturated heterocycles. The largest absolute Gasteiger partial charge is 0.409 e. The molecule has 0 amide bonds. The van der Waals surface area contributed by atoms with Gasteiger partial charge >= 0.3 is 0 Å². The van der Waals surface area contributed by atoms with E-state index < -0.39 is 20.8 Å². The Bertz CT molecular complexity index is 379. The lowest BCUT2D eigenvalue weighted by Gasteiger charge is -2.24. The van der Waals surface area contributed by atoms with Crippen LogP contribution in [0.15, 0.2) is 5.16 Å². The predicted octanol–water partition coefficient (Wildman–Crippen LogP) is 0.229. The van der Waals surface area contributed by atoms with Crippen LogP contribution >= 0.6 is 0 Å². The van der Waals surface area contributed by atoms with Gasteiger partial charge in [0.1, 0.15) is 0 Å². The Balaban J connectivity index is 2.85. The van der Waals surface area contributed by atoms with Crippen LogP contribution in [0.3, 0.4) is 0 Å². The molecule has 0 aromatic heterocycles. The number of oxime groups is 1. The minimum absolute atomic E-state index is 0.0738. The lowest BCUT2D eigenvalue weighted by Crippen LogP contribution is -2.51. The van der Waals surface area contributed by atoms with Crippen molar-refractivity contribution in [1.82, 2.24) is 4.72 Å². The molecule has 0 aromatic carbocycles. The van der Waals surface area contributed by atoms with E-state index in [4.69, 9.17) is 10.9 Å². The third-order valence-corrected chi connectivity index (χ3v) is 4.79. The van der Waals surface area contributed by atoms with Gasteiger partial charge in [-0.3, -0.25) is 0 Å². The highest BCUT2D eigenvalue weighted by Gasteiger charge is 2.40. The summed E-state index contributed by atoms with van der Waals surface area (Å²) < 4.78 is 25.4. The number of amidine groups is 1. The molecule has 1 atom stereocenters. The molecule has 6 nitrogen and oxygen atoms in total. The lowest BCUT2D eigenvalue weighted by molar-refractivity contribution is 0.314. The second kappa shape index (κ2) is 4.21. The van der Waals surface area contributed by atoms with Crippen LogP contribution in [0.4, 0.5) is 0 Å². The van der Waals surface area contributed by atoms with Crippen LogP contribution in [0.1, 0.15) is 33.6 Å². The Morgan fingerprint density at radius 1 is 1.50 bits per heavy atom. The van der Waals surface area contributed by atoms with Gasteiger partial charge in [-0.15, -0.1) is 0 Å². The highest BCUT2D eigenvalue weighted by molar-refractivity contribution is 7.90. The number of hydrogen-bond donors (Lipinski definition) is 3. The van der Waals surface area contributed by atoms with Gasteiger partial charge in [-0.1, -0.05) is 5.16 Å². The van der Waals surface area contributed by atoms with Gasteiger partial charge in [0.25, 0.3) is 0 Å². The average molecular weight is 249 g/mol. The number of nitrogens with zero attached hydrogens (tertiary/aromatic N) is 1. The van der Waals surface area contributed by atoms with Crippen molar-refractivity contribution in [3.8, 4) is 0 Å². The summed E-state index contributed by atoms with van der Waals surface area (Å²) >= 11 is 0. The first-order valence-corrected chi connectivity index (χ1v) is 6.66. The van der Waals surface area contributed by atoms with E-state index in [1.54, 1.807) is 20.8 Å². The Morgan fingerprint density at radius 3 is 2.31 bits per heavy atom. The fraction of sp³-hybridized carbons (Fsp3) is 0.889. The molecule has 0 bridgehead atoms. The van der Waals surface area contributed by atoms with Crippen molar-refractivity contribution in [3.05, 3.63) is 0 Å². The zero-order valence-electron chi connectivity index (χ0n) is 9.77. The summed E-state index contributed by atoms with van der Waals surface area (Å²) in [5.41, 5.74) is 5.48. The van der Waals surface area contributed by atoms with Gasteiger partial charge in [0, 0.05) is 0 Å². The van der Waals surface area contributed by atoms with E-state index in [1.165, 1.54) is 0 Å². The van der Waals surface area contributed by atoms with Crippen molar-refractivity contribution < 1.29 is 13.6 Å². The molecule has 0 radical (unpaired) electrons. The standard InChI is InChI=1S/C9H19N3O3S/c1-9(2,3)16(14,15)12-7(6-4-5-6)8(10)11-13/h6-7,12-13H,4-5H2,1-3H3,(H2,10,11). The number of sulfonamides is 1. The van der Waals surface area contributed by atoms with Crippen LogP contribution in [-0.2, 0) is 10.0 Å². The fourth-order valence-electron chi connectivity index (χ4n) is 1.23. The van der Waals surface area contributed by atoms with E-state index in [9.17, 15) is 8.42 Å². The van der Waals surface area contributed by atoms with Crippen molar-refractivity contribution in [3.63, 3.8) is 0 Å². The van der Waals surface area contributed by atoms with Gasteiger partial charge in [-0.2, -0.15) is 0 Å². The van der Waals surface area contributed by atoms with Crippen LogP contribution in [-0.4, -0.2) is 30.2 Å². The third kappa shape index (κ3) is 2.85. The van der Waals surface area contributed by atoms with E-state index in [2.05, 4.69) is 9.88 Å². The maximum atomic E-state index is 11.9. The quantitative estimate of drug-likeness (QED) is 0.287. The molecule has 1 fully saturated rings. The van der Waals surface area contributed by atoms with Gasteiger partial charge in [-0.05, 0) is 39.5 Å². The highest BCUT2D eigenvalue weighted by atomic mass is 32.2. The first kappa shape index (κ1) is 13.2. The molecule has 1 aliphatic rings. The summed E-state index contributed by atoms with van der Waals surface area (Å²) in [5.74, 6) is 0.0725. The topological polar surface area (TPSA) is 105 Å². The zero-order valence-corrected chi connectivity index (χ0v) is 10.6. The molecule has 0 heterocycles. The first-order valence-electron chi connectivity index (χ1n) is 5.18. The fourth-order valence-corrected chi connectivity index (χ4v) is 2.23. The van der Waals surface area contributed by atoms with Crippen molar-refractivity contribution in [1.29, 1.82) is 0 Å². The van der Waals surface area contributed by atoms with Gasteiger partial charge in [-0.25, -0.2) is 13.1 Å². The van der Waals surface area contributed by atoms with E-state index >= 15 is 0 Å². The first-order chi connectivity index (χ1) is 7.19. The molecule has 0 aliphatic heterocycles. The summed E-state index contributed by atoms with van der Waals surface area (Å²) in [4.78, 5) is 0. The second-order valence-electron chi connectivity index (χ2n) is 5.07. The average Bonchev–Trinajstić information content (AvgIpc) is 2.94. The van der Waals surface area contributed by atoms with E-state index in [1.807, 2.05) is 0 Å². The van der Waals surface area contributed by atoms with E-state index in [0.29, 0.717) is 0 Å². The van der Waals surface area contributed by atoms with Crippen molar-refractivity contribution in [2.45, 2.75) is 44.4 Å². The molecule has 0 aromatic rings. The van der Waals surface area contributed by atoms with Crippen molar-refractivity contribution in [2.24, 2.45) is 16.8 Å². The summed E-state index contributed by atoms with van der Waals surface area (Å²) in [7, 11) is -3.48. The number of rotatable bonds is 4. The maximum absolute atomic E-state index is 11.9. The number of hydrogen-bond acceptors (Lipinski definition) is 4. The zero-order chi connectivity index (χ0) is 12.6. The van der Waals surface area contributed by atoms with Gasteiger partial charge in [0.15, 0.2) is 5.84 Å². The van der Waals surface area contributed by atoms with E-state index in [0.717, 1.165) is 12.8 Å².